The smallest absolute Gasteiger partial charge is 0.192 e. The molecule has 5 nitrogen and oxygen atoms in total. The van der Waals surface area contributed by atoms with Crippen LogP contribution in [0.1, 0.15) is 18.6 Å². The molecule has 19 heavy (non-hydrogen) atoms. The van der Waals surface area contributed by atoms with Gasteiger partial charge in [0, 0.05) is 12.5 Å². The van der Waals surface area contributed by atoms with Crippen LogP contribution in [0, 0.1) is 6.92 Å². The zero-order valence-electron chi connectivity index (χ0n) is 10.7. The summed E-state index contributed by atoms with van der Waals surface area (Å²) in [6.45, 7) is 3.37. The predicted molar refractivity (Wildman–Crippen MR) is 70.7 cm³/mol. The van der Waals surface area contributed by atoms with E-state index in [-0.39, 0.29) is 5.78 Å². The number of carbonyl (C=O) groups is 1. The highest BCUT2D eigenvalue weighted by Crippen LogP contribution is 2.23. The van der Waals surface area contributed by atoms with Crippen molar-refractivity contribution in [3.8, 4) is 11.3 Å². The molecule has 0 aliphatic carbocycles. The minimum atomic E-state index is 0.0854. The molecule has 0 unspecified atom stereocenters. The van der Waals surface area contributed by atoms with Gasteiger partial charge in [0.1, 0.15) is 17.1 Å². The van der Waals surface area contributed by atoms with Gasteiger partial charge in [0.15, 0.2) is 11.5 Å². The number of hydrogen-bond donors (Lipinski definition) is 1. The van der Waals surface area contributed by atoms with Gasteiger partial charge < -0.3 is 9.40 Å². The maximum atomic E-state index is 11.1. The van der Waals surface area contributed by atoms with Crippen molar-refractivity contribution in [3.05, 3.63) is 36.1 Å². The third kappa shape index (κ3) is 2.27. The monoisotopic (exact) mass is 255 g/mol. The second-order valence-corrected chi connectivity index (χ2v) is 4.54. The molecule has 0 radical (unpaired) electrons. The summed E-state index contributed by atoms with van der Waals surface area (Å²) in [5, 5.41) is 0. The molecule has 1 aromatic carbocycles. The Kier molecular flexibility index (Phi) is 2.67. The van der Waals surface area contributed by atoms with Crippen LogP contribution < -0.4 is 0 Å². The fourth-order valence-electron chi connectivity index (χ4n) is 2.04. The van der Waals surface area contributed by atoms with Crippen LogP contribution in [0.5, 0.6) is 0 Å². The van der Waals surface area contributed by atoms with Crippen molar-refractivity contribution in [2.75, 3.05) is 0 Å². The van der Waals surface area contributed by atoms with E-state index in [0.29, 0.717) is 18.1 Å². The van der Waals surface area contributed by atoms with Crippen LogP contribution in [0.3, 0.4) is 0 Å². The topological polar surface area (TPSA) is 71.8 Å². The summed E-state index contributed by atoms with van der Waals surface area (Å²) in [7, 11) is 0. The number of oxazole rings is 1. The van der Waals surface area contributed by atoms with Gasteiger partial charge in [0.05, 0.1) is 18.3 Å². The fraction of sp³-hybridized carbons (Fsp3) is 0.214. The highest BCUT2D eigenvalue weighted by Gasteiger charge is 2.08. The van der Waals surface area contributed by atoms with E-state index < -0.39 is 0 Å². The summed E-state index contributed by atoms with van der Waals surface area (Å²) in [5.74, 6) is 1.41. The van der Waals surface area contributed by atoms with E-state index >= 15 is 0 Å². The average molecular weight is 255 g/mol. The van der Waals surface area contributed by atoms with E-state index in [1.807, 2.05) is 25.1 Å². The van der Waals surface area contributed by atoms with E-state index in [1.54, 1.807) is 13.1 Å². The molecule has 3 aromatic rings. The number of nitrogens with one attached hydrogen (secondary N) is 1. The summed E-state index contributed by atoms with van der Waals surface area (Å²) in [6, 6.07) is 5.78. The normalized spacial score (nSPS) is 11.1. The highest BCUT2D eigenvalue weighted by atomic mass is 16.3. The van der Waals surface area contributed by atoms with Crippen LogP contribution >= 0.6 is 0 Å². The number of imidazole rings is 1. The molecule has 3 rings (SSSR count). The lowest BCUT2D eigenvalue weighted by Gasteiger charge is -1.96. The Hall–Kier alpha value is -2.43. The first kappa shape index (κ1) is 11.6. The first-order valence-corrected chi connectivity index (χ1v) is 6.03. The van der Waals surface area contributed by atoms with Gasteiger partial charge in [-0.15, -0.1) is 0 Å². The number of benzene rings is 1. The maximum absolute atomic E-state index is 11.1. The number of H-pyrrole nitrogens is 1. The van der Waals surface area contributed by atoms with Crippen molar-refractivity contribution in [2.24, 2.45) is 0 Å². The van der Waals surface area contributed by atoms with E-state index in [9.17, 15) is 4.79 Å². The number of rotatable bonds is 3. The zero-order chi connectivity index (χ0) is 13.4. The summed E-state index contributed by atoms with van der Waals surface area (Å²) >= 11 is 0. The third-order valence-corrected chi connectivity index (χ3v) is 2.85. The molecule has 2 aromatic heterocycles. The predicted octanol–water partition coefficient (Wildman–Crippen LogP) is 2.66. The van der Waals surface area contributed by atoms with Gasteiger partial charge in [-0.25, -0.2) is 9.97 Å². The Balaban J connectivity index is 1.98. The molecule has 96 valence electrons. The van der Waals surface area contributed by atoms with Crippen molar-refractivity contribution < 1.29 is 9.21 Å². The number of nitrogens with zero attached hydrogens (tertiary/aromatic N) is 2. The second kappa shape index (κ2) is 4.35. The van der Waals surface area contributed by atoms with Crippen LogP contribution in [-0.2, 0) is 11.2 Å². The summed E-state index contributed by atoms with van der Waals surface area (Å²) < 4.78 is 5.50. The van der Waals surface area contributed by atoms with Crippen molar-refractivity contribution in [1.82, 2.24) is 15.0 Å². The fourth-order valence-corrected chi connectivity index (χ4v) is 2.04. The van der Waals surface area contributed by atoms with E-state index in [1.165, 1.54) is 0 Å². The third-order valence-electron chi connectivity index (χ3n) is 2.85. The average Bonchev–Trinajstić information content (AvgIpc) is 2.92. The molecule has 0 fully saturated rings. The highest BCUT2D eigenvalue weighted by molar-refractivity contribution is 5.80. The number of Topliss-reactive ketones (excluding diaryl/α,β-unsaturated/α-hetero) is 1. The molecule has 2 heterocycles. The summed E-state index contributed by atoms with van der Waals surface area (Å²) in [6.07, 6.45) is 2.05. The maximum Gasteiger partial charge on any atom is 0.192 e. The van der Waals surface area contributed by atoms with Gasteiger partial charge in [-0.1, -0.05) is 6.07 Å². The number of fused-ring (bicyclic) bond motifs is 1. The summed E-state index contributed by atoms with van der Waals surface area (Å²) in [5.41, 5.74) is 3.42. The SMILES string of the molecule is CC(=O)Cc1ncc(-c2ccc3nc(C)oc3c2)[nH]1. The molecule has 0 aliphatic rings. The van der Waals surface area contributed by atoms with Gasteiger partial charge in [-0.05, 0) is 19.1 Å². The van der Waals surface area contributed by atoms with Gasteiger partial charge in [-0.3, -0.25) is 4.79 Å². The lowest BCUT2D eigenvalue weighted by molar-refractivity contribution is -0.116. The minimum Gasteiger partial charge on any atom is -0.441 e. The largest absolute Gasteiger partial charge is 0.441 e. The molecule has 1 N–H and O–H groups in total. The van der Waals surface area contributed by atoms with Gasteiger partial charge >= 0.3 is 0 Å². The van der Waals surface area contributed by atoms with Gasteiger partial charge in [0.25, 0.3) is 0 Å². The number of ketones is 1. The number of aromatic nitrogens is 3. The van der Waals surface area contributed by atoms with E-state index in [0.717, 1.165) is 22.4 Å². The Bertz CT molecular complexity index is 755. The minimum absolute atomic E-state index is 0.0854. The molecule has 0 amide bonds. The number of carbonyl (C=O) groups excluding carboxylic acids is 1. The molecule has 0 bridgehead atoms. The molecule has 0 atom stereocenters. The van der Waals surface area contributed by atoms with E-state index in [2.05, 4.69) is 15.0 Å². The Morgan fingerprint density at radius 1 is 1.42 bits per heavy atom. The molecular formula is C14H13N3O2. The van der Waals surface area contributed by atoms with Gasteiger partial charge in [0.2, 0.25) is 0 Å². The lowest BCUT2D eigenvalue weighted by atomic mass is 10.1. The van der Waals surface area contributed by atoms with Crippen molar-refractivity contribution >= 4 is 16.9 Å². The first-order chi connectivity index (χ1) is 9.11. The zero-order valence-corrected chi connectivity index (χ0v) is 10.7. The van der Waals surface area contributed by atoms with Crippen molar-refractivity contribution in [3.63, 3.8) is 0 Å². The van der Waals surface area contributed by atoms with Crippen LogP contribution in [0.15, 0.2) is 28.8 Å². The van der Waals surface area contributed by atoms with Gasteiger partial charge in [-0.2, -0.15) is 0 Å². The Labute approximate surface area is 109 Å². The quantitative estimate of drug-likeness (QED) is 0.781. The molecule has 0 saturated heterocycles. The van der Waals surface area contributed by atoms with Crippen LogP contribution in [0.2, 0.25) is 0 Å². The van der Waals surface area contributed by atoms with Crippen LogP contribution in [-0.4, -0.2) is 20.7 Å². The lowest BCUT2D eigenvalue weighted by Crippen LogP contribution is -1.97. The first-order valence-electron chi connectivity index (χ1n) is 6.03. The molecule has 0 aliphatic heterocycles. The number of aromatic amines is 1. The second-order valence-electron chi connectivity index (χ2n) is 4.54. The van der Waals surface area contributed by atoms with Crippen LogP contribution in [0.25, 0.3) is 22.4 Å². The van der Waals surface area contributed by atoms with Crippen molar-refractivity contribution in [2.45, 2.75) is 20.3 Å². The van der Waals surface area contributed by atoms with Crippen LogP contribution in [0.4, 0.5) is 0 Å². The standard InChI is InChI=1S/C14H13N3O2/c1-8(18)5-14-15-7-12(17-14)10-3-4-11-13(6-10)19-9(2)16-11/h3-4,6-7H,5H2,1-2H3,(H,15,17). The van der Waals surface area contributed by atoms with E-state index in [4.69, 9.17) is 4.42 Å². The molecule has 0 saturated carbocycles. The molecule has 0 spiro atoms. The van der Waals surface area contributed by atoms with Crippen molar-refractivity contribution in [1.29, 1.82) is 0 Å². The number of aryl methyl sites for hydroxylation is 1. The molecular weight excluding hydrogens is 242 g/mol. The number of hydrogen-bond acceptors (Lipinski definition) is 4. The Morgan fingerprint density at radius 2 is 2.26 bits per heavy atom. The molecule has 5 heteroatoms. The Morgan fingerprint density at radius 3 is 3.05 bits per heavy atom. The summed E-state index contributed by atoms with van der Waals surface area (Å²) in [4.78, 5) is 22.6.